The van der Waals surface area contributed by atoms with Crippen molar-refractivity contribution in [2.75, 3.05) is 11.1 Å². The zero-order chi connectivity index (χ0) is 15.5. The summed E-state index contributed by atoms with van der Waals surface area (Å²) in [5, 5.41) is 10.9. The molecule has 2 rings (SSSR count). The molecule has 21 heavy (non-hydrogen) atoms. The first-order valence-corrected chi connectivity index (χ1v) is 8.45. The molecule has 0 bridgehead atoms. The van der Waals surface area contributed by atoms with Crippen LogP contribution in [0.5, 0.6) is 0 Å². The van der Waals surface area contributed by atoms with Gasteiger partial charge in [-0.3, -0.25) is 4.79 Å². The summed E-state index contributed by atoms with van der Waals surface area (Å²) in [7, 11) is -3.43. The molecule has 1 aromatic rings. The van der Waals surface area contributed by atoms with E-state index in [4.69, 9.17) is 5.11 Å². The number of rotatable bonds is 5. The molecule has 6 nitrogen and oxygen atoms in total. The van der Waals surface area contributed by atoms with Crippen molar-refractivity contribution in [3.8, 4) is 0 Å². The molecule has 0 aliphatic heterocycles. The number of anilines is 1. The number of carboxylic acids is 1. The Balaban J connectivity index is 2.01. The fraction of sp³-hybridized carbons (Fsp3) is 0.429. The van der Waals surface area contributed by atoms with E-state index in [2.05, 4.69) is 5.32 Å². The molecule has 1 aliphatic rings. The largest absolute Gasteiger partial charge is 0.478 e. The number of carboxylic acid groups (broad SMARTS) is 1. The molecule has 0 unspecified atom stereocenters. The van der Waals surface area contributed by atoms with Crippen LogP contribution in [0.15, 0.2) is 24.3 Å². The van der Waals surface area contributed by atoms with Gasteiger partial charge < -0.3 is 10.4 Å². The van der Waals surface area contributed by atoms with Crippen LogP contribution < -0.4 is 5.32 Å². The Morgan fingerprint density at radius 3 is 2.52 bits per heavy atom. The maximum Gasteiger partial charge on any atom is 0.335 e. The predicted octanol–water partition coefficient (Wildman–Crippen LogP) is 1.68. The number of nitrogens with one attached hydrogen (secondary N) is 1. The Hall–Kier alpha value is -1.89. The second-order valence-corrected chi connectivity index (χ2v) is 7.43. The van der Waals surface area contributed by atoms with Crippen LogP contribution in [-0.2, 0) is 14.6 Å². The van der Waals surface area contributed by atoms with E-state index in [0.717, 1.165) is 12.8 Å². The zero-order valence-electron chi connectivity index (χ0n) is 11.4. The van der Waals surface area contributed by atoms with Gasteiger partial charge in [0.15, 0.2) is 9.84 Å². The molecule has 0 aromatic heterocycles. The van der Waals surface area contributed by atoms with Crippen molar-refractivity contribution in [2.45, 2.75) is 30.9 Å². The van der Waals surface area contributed by atoms with Gasteiger partial charge in [-0.1, -0.05) is 18.9 Å². The van der Waals surface area contributed by atoms with Crippen LogP contribution >= 0.6 is 0 Å². The number of benzene rings is 1. The van der Waals surface area contributed by atoms with Crippen LogP contribution in [0.2, 0.25) is 0 Å². The van der Waals surface area contributed by atoms with E-state index in [-0.39, 0.29) is 11.3 Å². The van der Waals surface area contributed by atoms with Gasteiger partial charge in [0.05, 0.1) is 10.8 Å². The highest BCUT2D eigenvalue weighted by atomic mass is 32.2. The summed E-state index contributed by atoms with van der Waals surface area (Å²) >= 11 is 0. The van der Waals surface area contributed by atoms with Crippen LogP contribution in [0.25, 0.3) is 0 Å². The van der Waals surface area contributed by atoms with Gasteiger partial charge in [0, 0.05) is 5.69 Å². The molecule has 0 radical (unpaired) electrons. The van der Waals surface area contributed by atoms with Crippen LogP contribution in [0, 0.1) is 0 Å². The molecule has 1 aromatic carbocycles. The van der Waals surface area contributed by atoms with Crippen LogP contribution in [0.4, 0.5) is 5.69 Å². The van der Waals surface area contributed by atoms with Crippen molar-refractivity contribution < 1.29 is 23.1 Å². The number of hydrogen-bond acceptors (Lipinski definition) is 4. The minimum Gasteiger partial charge on any atom is -0.478 e. The Kier molecular flexibility index (Phi) is 4.62. The lowest BCUT2D eigenvalue weighted by Crippen LogP contribution is -2.29. The molecule has 2 N–H and O–H groups in total. The van der Waals surface area contributed by atoms with E-state index in [1.54, 1.807) is 0 Å². The summed E-state index contributed by atoms with van der Waals surface area (Å²) in [5.74, 6) is -2.30. The summed E-state index contributed by atoms with van der Waals surface area (Å²) in [6, 6.07) is 5.70. The van der Waals surface area contributed by atoms with E-state index in [9.17, 15) is 18.0 Å². The topological polar surface area (TPSA) is 101 Å². The highest BCUT2D eigenvalue weighted by molar-refractivity contribution is 7.92. The molecule has 1 saturated carbocycles. The molecular weight excluding hydrogens is 294 g/mol. The van der Waals surface area contributed by atoms with E-state index in [1.807, 2.05) is 0 Å². The Morgan fingerprint density at radius 1 is 1.24 bits per heavy atom. The lowest BCUT2D eigenvalue weighted by molar-refractivity contribution is -0.113. The number of hydrogen-bond donors (Lipinski definition) is 2. The number of amides is 1. The number of sulfone groups is 1. The minimum absolute atomic E-state index is 0.0338. The fourth-order valence-electron chi connectivity index (χ4n) is 2.48. The second kappa shape index (κ2) is 6.26. The lowest BCUT2D eigenvalue weighted by atomic mass is 10.2. The Bertz CT molecular complexity index is 647. The first-order valence-electron chi connectivity index (χ1n) is 6.73. The van der Waals surface area contributed by atoms with Gasteiger partial charge >= 0.3 is 5.97 Å². The van der Waals surface area contributed by atoms with E-state index in [0.29, 0.717) is 12.8 Å². The second-order valence-electron chi connectivity index (χ2n) is 5.15. The average Bonchev–Trinajstić information content (AvgIpc) is 2.92. The van der Waals surface area contributed by atoms with Crippen molar-refractivity contribution in [3.05, 3.63) is 29.8 Å². The monoisotopic (exact) mass is 311 g/mol. The lowest BCUT2D eigenvalue weighted by Gasteiger charge is -2.11. The molecule has 114 valence electrons. The third kappa shape index (κ3) is 4.04. The van der Waals surface area contributed by atoms with Gasteiger partial charge in [0.25, 0.3) is 0 Å². The first-order chi connectivity index (χ1) is 9.88. The van der Waals surface area contributed by atoms with E-state index in [1.165, 1.54) is 24.3 Å². The molecule has 1 fully saturated rings. The van der Waals surface area contributed by atoms with Gasteiger partial charge in [-0.05, 0) is 31.0 Å². The molecular formula is C14H17NO5S. The highest BCUT2D eigenvalue weighted by Gasteiger charge is 2.30. The fourth-order valence-corrected chi connectivity index (χ4v) is 4.20. The van der Waals surface area contributed by atoms with Crippen molar-refractivity contribution in [1.82, 2.24) is 0 Å². The van der Waals surface area contributed by atoms with Gasteiger partial charge in [-0.2, -0.15) is 0 Å². The summed E-state index contributed by atoms with van der Waals surface area (Å²) < 4.78 is 24.1. The SMILES string of the molecule is O=C(CS(=O)(=O)C1CCCC1)Nc1cccc(C(=O)O)c1. The van der Waals surface area contributed by atoms with E-state index >= 15 is 0 Å². The van der Waals surface area contributed by atoms with Crippen LogP contribution in [0.3, 0.4) is 0 Å². The smallest absolute Gasteiger partial charge is 0.335 e. The maximum absolute atomic E-state index is 12.1. The predicted molar refractivity (Wildman–Crippen MR) is 78.1 cm³/mol. The molecule has 0 saturated heterocycles. The summed E-state index contributed by atoms with van der Waals surface area (Å²) in [5.41, 5.74) is 0.313. The van der Waals surface area contributed by atoms with Gasteiger partial charge in [-0.15, -0.1) is 0 Å². The number of aromatic carboxylic acids is 1. The number of carbonyl (C=O) groups is 2. The van der Waals surface area contributed by atoms with Crippen molar-refractivity contribution >= 4 is 27.4 Å². The third-order valence-electron chi connectivity index (χ3n) is 3.54. The summed E-state index contributed by atoms with van der Waals surface area (Å²) in [4.78, 5) is 22.7. The first kappa shape index (κ1) is 15.5. The zero-order valence-corrected chi connectivity index (χ0v) is 12.2. The van der Waals surface area contributed by atoms with E-state index < -0.39 is 32.7 Å². The average molecular weight is 311 g/mol. The normalized spacial score (nSPS) is 15.8. The number of carbonyl (C=O) groups excluding carboxylic acids is 1. The Morgan fingerprint density at radius 2 is 1.90 bits per heavy atom. The van der Waals surface area contributed by atoms with Gasteiger partial charge in [-0.25, -0.2) is 13.2 Å². The standard InChI is InChI=1S/C14H17NO5S/c16-13(9-21(19,20)12-6-1-2-7-12)15-11-5-3-4-10(8-11)14(17)18/h3-5,8,12H,1-2,6-7,9H2,(H,15,16)(H,17,18). The van der Waals surface area contributed by atoms with Crippen molar-refractivity contribution in [2.24, 2.45) is 0 Å². The van der Waals surface area contributed by atoms with Gasteiger partial charge in [0.1, 0.15) is 5.75 Å². The molecule has 0 heterocycles. The quantitative estimate of drug-likeness (QED) is 0.861. The molecule has 7 heteroatoms. The summed E-state index contributed by atoms with van der Waals surface area (Å²) in [6.45, 7) is 0. The molecule has 0 spiro atoms. The van der Waals surface area contributed by atoms with Crippen LogP contribution in [0.1, 0.15) is 36.0 Å². The minimum atomic E-state index is -3.43. The van der Waals surface area contributed by atoms with Crippen LogP contribution in [-0.4, -0.2) is 36.4 Å². The highest BCUT2D eigenvalue weighted by Crippen LogP contribution is 2.25. The molecule has 0 atom stereocenters. The third-order valence-corrected chi connectivity index (χ3v) is 5.69. The summed E-state index contributed by atoms with van der Waals surface area (Å²) in [6.07, 6.45) is 2.99. The van der Waals surface area contributed by atoms with Crippen molar-refractivity contribution in [1.29, 1.82) is 0 Å². The maximum atomic E-state index is 12.1. The van der Waals surface area contributed by atoms with Crippen molar-refractivity contribution in [3.63, 3.8) is 0 Å². The van der Waals surface area contributed by atoms with Gasteiger partial charge in [0.2, 0.25) is 5.91 Å². The Labute approximate surface area is 123 Å². The molecule has 1 aliphatic carbocycles. The molecule has 1 amide bonds.